The lowest BCUT2D eigenvalue weighted by Crippen LogP contribution is -2.50. The summed E-state index contributed by atoms with van der Waals surface area (Å²) >= 11 is 2.83. The molecule has 2 aromatic carbocycles. The number of aromatic nitrogens is 2. The van der Waals surface area contributed by atoms with E-state index in [1.807, 2.05) is 66.4 Å². The van der Waals surface area contributed by atoms with Crippen LogP contribution in [0.1, 0.15) is 5.56 Å². The SMILES string of the molecule is Cc1ccccc1OCC(=O)N1CCN(c2nnc(SCC(=O)Nc3ccccc3)s2)CC1. The van der Waals surface area contributed by atoms with Crippen LogP contribution >= 0.6 is 23.1 Å². The fraction of sp³-hybridized carbons (Fsp3) is 0.304. The van der Waals surface area contributed by atoms with E-state index in [1.54, 1.807) is 0 Å². The lowest BCUT2D eigenvalue weighted by Gasteiger charge is -2.34. The standard InChI is InChI=1S/C23H25N5O3S2/c1-17-7-5-6-10-19(17)31-15-21(30)27-11-13-28(14-12-27)22-25-26-23(33-22)32-16-20(29)24-18-8-3-2-4-9-18/h2-10H,11-16H2,1H3,(H,24,29). The summed E-state index contributed by atoms with van der Waals surface area (Å²) < 4.78 is 6.44. The number of para-hydroxylation sites is 2. The zero-order valence-corrected chi connectivity index (χ0v) is 19.9. The van der Waals surface area contributed by atoms with Crippen molar-refractivity contribution in [3.63, 3.8) is 0 Å². The van der Waals surface area contributed by atoms with Crippen LogP contribution in [-0.4, -0.2) is 65.5 Å². The molecule has 8 nitrogen and oxygen atoms in total. The fourth-order valence-corrected chi connectivity index (χ4v) is 5.02. The second kappa shape index (κ2) is 11.2. The Bertz CT molecular complexity index is 1080. The Morgan fingerprint density at radius 2 is 1.76 bits per heavy atom. The summed E-state index contributed by atoms with van der Waals surface area (Å²) in [5, 5.41) is 12.1. The smallest absolute Gasteiger partial charge is 0.260 e. The third-order valence-electron chi connectivity index (χ3n) is 5.13. The molecule has 1 saturated heterocycles. The van der Waals surface area contributed by atoms with Gasteiger partial charge in [0, 0.05) is 31.9 Å². The maximum Gasteiger partial charge on any atom is 0.260 e. The molecule has 0 spiro atoms. The second-order valence-electron chi connectivity index (χ2n) is 7.48. The number of carbonyl (C=O) groups excluding carboxylic acids is 2. The molecule has 33 heavy (non-hydrogen) atoms. The van der Waals surface area contributed by atoms with Crippen molar-refractivity contribution in [2.24, 2.45) is 0 Å². The summed E-state index contributed by atoms with van der Waals surface area (Å²) in [6.07, 6.45) is 0. The number of rotatable bonds is 8. The van der Waals surface area contributed by atoms with Crippen LogP contribution in [0.2, 0.25) is 0 Å². The molecule has 0 radical (unpaired) electrons. The minimum absolute atomic E-state index is 0.0177. The molecule has 0 aliphatic carbocycles. The summed E-state index contributed by atoms with van der Waals surface area (Å²) in [4.78, 5) is 28.6. The number of aryl methyl sites for hydroxylation is 1. The number of hydrogen-bond donors (Lipinski definition) is 1. The van der Waals surface area contributed by atoms with Crippen LogP contribution in [0.5, 0.6) is 5.75 Å². The molecule has 1 N–H and O–H groups in total. The molecule has 4 rings (SSSR count). The van der Waals surface area contributed by atoms with E-state index < -0.39 is 0 Å². The molecular weight excluding hydrogens is 458 g/mol. The number of nitrogens with one attached hydrogen (secondary N) is 1. The van der Waals surface area contributed by atoms with Crippen LogP contribution in [-0.2, 0) is 9.59 Å². The van der Waals surface area contributed by atoms with Crippen molar-refractivity contribution in [1.29, 1.82) is 0 Å². The molecule has 0 unspecified atom stereocenters. The highest BCUT2D eigenvalue weighted by molar-refractivity contribution is 8.01. The predicted octanol–water partition coefficient (Wildman–Crippen LogP) is 3.30. The normalized spacial score (nSPS) is 13.6. The largest absolute Gasteiger partial charge is 0.484 e. The van der Waals surface area contributed by atoms with Gasteiger partial charge in [-0.1, -0.05) is 59.5 Å². The minimum atomic E-state index is -0.0806. The van der Waals surface area contributed by atoms with Gasteiger partial charge in [0.15, 0.2) is 10.9 Å². The summed E-state index contributed by atoms with van der Waals surface area (Å²) in [6.45, 7) is 4.58. The van der Waals surface area contributed by atoms with Crippen molar-refractivity contribution in [2.75, 3.05) is 48.8 Å². The van der Waals surface area contributed by atoms with E-state index >= 15 is 0 Å². The Kier molecular flexibility index (Phi) is 7.79. The van der Waals surface area contributed by atoms with Crippen molar-refractivity contribution in [1.82, 2.24) is 15.1 Å². The van der Waals surface area contributed by atoms with Crippen LogP contribution in [0.4, 0.5) is 10.8 Å². The van der Waals surface area contributed by atoms with E-state index in [9.17, 15) is 9.59 Å². The van der Waals surface area contributed by atoms with Crippen LogP contribution < -0.4 is 15.0 Å². The molecule has 10 heteroatoms. The molecule has 1 aliphatic rings. The van der Waals surface area contributed by atoms with Gasteiger partial charge < -0.3 is 19.9 Å². The Hall–Kier alpha value is -3.11. The zero-order valence-electron chi connectivity index (χ0n) is 18.3. The van der Waals surface area contributed by atoms with Gasteiger partial charge in [-0.2, -0.15) is 0 Å². The molecule has 0 atom stereocenters. The summed E-state index contributed by atoms with van der Waals surface area (Å²) in [5.74, 6) is 0.909. The average molecular weight is 484 g/mol. The lowest BCUT2D eigenvalue weighted by molar-refractivity contribution is -0.133. The molecule has 3 aromatic rings. The van der Waals surface area contributed by atoms with Crippen molar-refractivity contribution in [3.8, 4) is 5.75 Å². The van der Waals surface area contributed by atoms with E-state index in [0.717, 1.165) is 26.5 Å². The van der Waals surface area contributed by atoms with E-state index in [4.69, 9.17) is 4.74 Å². The van der Waals surface area contributed by atoms with Gasteiger partial charge >= 0.3 is 0 Å². The molecule has 2 heterocycles. The first-order valence-corrected chi connectivity index (χ1v) is 12.4. The first kappa shape index (κ1) is 23.1. The third-order valence-corrected chi connectivity index (χ3v) is 7.25. The van der Waals surface area contributed by atoms with Crippen LogP contribution in [0.15, 0.2) is 58.9 Å². The number of nitrogens with zero attached hydrogens (tertiary/aromatic N) is 4. The second-order valence-corrected chi connectivity index (χ2v) is 9.65. The van der Waals surface area contributed by atoms with Gasteiger partial charge in [-0.3, -0.25) is 9.59 Å². The Morgan fingerprint density at radius 3 is 2.52 bits per heavy atom. The van der Waals surface area contributed by atoms with Crippen molar-refractivity contribution in [2.45, 2.75) is 11.3 Å². The molecule has 0 saturated carbocycles. The minimum Gasteiger partial charge on any atom is -0.484 e. The highest BCUT2D eigenvalue weighted by atomic mass is 32.2. The number of thioether (sulfide) groups is 1. The van der Waals surface area contributed by atoms with Gasteiger partial charge in [0.1, 0.15) is 5.75 Å². The first-order valence-electron chi connectivity index (χ1n) is 10.6. The van der Waals surface area contributed by atoms with E-state index in [1.165, 1.54) is 23.1 Å². The molecule has 172 valence electrons. The Balaban J connectivity index is 1.20. The van der Waals surface area contributed by atoms with Gasteiger partial charge in [0.05, 0.1) is 5.75 Å². The third kappa shape index (κ3) is 6.45. The van der Waals surface area contributed by atoms with E-state index in [2.05, 4.69) is 20.4 Å². The topological polar surface area (TPSA) is 87.7 Å². The van der Waals surface area contributed by atoms with Crippen molar-refractivity contribution >= 4 is 45.7 Å². The summed E-state index contributed by atoms with van der Waals surface area (Å²) in [6, 6.07) is 17.0. The maximum absolute atomic E-state index is 12.5. The molecular formula is C23H25N5O3S2. The number of anilines is 2. The zero-order chi connectivity index (χ0) is 23.0. The van der Waals surface area contributed by atoms with Crippen molar-refractivity contribution in [3.05, 3.63) is 60.2 Å². The van der Waals surface area contributed by atoms with Gasteiger partial charge in [-0.15, -0.1) is 10.2 Å². The molecule has 1 fully saturated rings. The van der Waals surface area contributed by atoms with Crippen LogP contribution in [0, 0.1) is 6.92 Å². The highest BCUT2D eigenvalue weighted by Gasteiger charge is 2.24. The number of benzene rings is 2. The number of carbonyl (C=O) groups is 2. The monoisotopic (exact) mass is 483 g/mol. The molecule has 1 aliphatic heterocycles. The van der Waals surface area contributed by atoms with Gasteiger partial charge in [0.2, 0.25) is 11.0 Å². The highest BCUT2D eigenvalue weighted by Crippen LogP contribution is 2.28. The van der Waals surface area contributed by atoms with Gasteiger partial charge in [0.25, 0.3) is 5.91 Å². The molecule has 1 aromatic heterocycles. The Morgan fingerprint density at radius 1 is 1.03 bits per heavy atom. The summed E-state index contributed by atoms with van der Waals surface area (Å²) in [5.41, 5.74) is 1.79. The lowest BCUT2D eigenvalue weighted by atomic mass is 10.2. The van der Waals surface area contributed by atoms with E-state index in [-0.39, 0.29) is 24.2 Å². The number of amides is 2. The maximum atomic E-state index is 12.5. The number of piperazine rings is 1. The average Bonchev–Trinajstić information content (AvgIpc) is 3.32. The predicted molar refractivity (Wildman–Crippen MR) is 131 cm³/mol. The Labute approximate surface area is 201 Å². The van der Waals surface area contributed by atoms with Crippen LogP contribution in [0.25, 0.3) is 0 Å². The van der Waals surface area contributed by atoms with Crippen molar-refractivity contribution < 1.29 is 14.3 Å². The van der Waals surface area contributed by atoms with Gasteiger partial charge in [-0.05, 0) is 30.7 Å². The number of ether oxygens (including phenoxy) is 1. The number of hydrogen-bond acceptors (Lipinski definition) is 8. The summed E-state index contributed by atoms with van der Waals surface area (Å²) in [7, 11) is 0. The first-order chi connectivity index (χ1) is 16.1. The quantitative estimate of drug-likeness (QED) is 0.492. The van der Waals surface area contributed by atoms with Crippen LogP contribution in [0.3, 0.4) is 0 Å². The van der Waals surface area contributed by atoms with E-state index in [0.29, 0.717) is 26.2 Å². The molecule has 2 amide bonds. The molecule has 0 bridgehead atoms. The van der Waals surface area contributed by atoms with Gasteiger partial charge in [-0.25, -0.2) is 0 Å². The fourth-order valence-electron chi connectivity index (χ4n) is 3.33.